The van der Waals surface area contributed by atoms with Gasteiger partial charge in [0.2, 0.25) is 0 Å². The number of rotatable bonds is 4. The van der Waals surface area contributed by atoms with Crippen molar-refractivity contribution in [2.75, 3.05) is 0 Å². The number of para-hydroxylation sites is 2. The van der Waals surface area contributed by atoms with E-state index in [0.717, 1.165) is 11.8 Å². The minimum absolute atomic E-state index is 0.169. The van der Waals surface area contributed by atoms with Gasteiger partial charge in [0.05, 0.1) is 11.3 Å². The summed E-state index contributed by atoms with van der Waals surface area (Å²) >= 11 is 0. The molecule has 0 atom stereocenters. The van der Waals surface area contributed by atoms with Crippen molar-refractivity contribution in [2.24, 2.45) is 11.8 Å². The zero-order valence-corrected chi connectivity index (χ0v) is 23.1. The normalized spacial score (nSPS) is 22.3. The minimum atomic E-state index is 0.169. The molecule has 2 heterocycles. The number of hydrogen-bond acceptors (Lipinski definition) is 0. The van der Waals surface area contributed by atoms with Crippen molar-refractivity contribution in [3.8, 4) is 11.4 Å². The maximum Gasteiger partial charge on any atom is 0.270 e. The fourth-order valence-electron chi connectivity index (χ4n) is 9.47. The van der Waals surface area contributed by atoms with Crippen LogP contribution in [0.5, 0.6) is 0 Å². The van der Waals surface area contributed by atoms with E-state index in [2.05, 4.69) is 71.5 Å². The van der Waals surface area contributed by atoms with E-state index in [-0.39, 0.29) is 5.41 Å². The molecule has 3 saturated carbocycles. The van der Waals surface area contributed by atoms with Gasteiger partial charge in [-0.1, -0.05) is 87.8 Å². The molecule has 0 unspecified atom stereocenters. The topological polar surface area (TPSA) is 8.81 Å². The molecule has 1 aliphatic heterocycles. The summed E-state index contributed by atoms with van der Waals surface area (Å²) in [6.07, 6.45) is 19.5. The molecule has 3 aromatic rings. The second kappa shape index (κ2) is 9.44. The average molecular weight is 494 g/mol. The lowest BCUT2D eigenvalue weighted by molar-refractivity contribution is -0.610. The van der Waals surface area contributed by atoms with E-state index in [1.165, 1.54) is 113 Å². The molecular weight excluding hydrogens is 448 g/mol. The van der Waals surface area contributed by atoms with Crippen LogP contribution in [0.4, 0.5) is 0 Å². The van der Waals surface area contributed by atoms with Gasteiger partial charge in [-0.3, -0.25) is 0 Å². The molecule has 0 bridgehead atoms. The molecular formula is C35H45N2+. The first-order chi connectivity index (χ1) is 18.2. The SMILES string of the molecule is Cc1ccccc1-n1c(C)c2[n+](c1C1CCCC1)-c1ccccc1C2(C1CCCCC1)C1CCCCC1. The van der Waals surface area contributed by atoms with E-state index in [1.54, 1.807) is 17.1 Å². The predicted octanol–water partition coefficient (Wildman–Crippen LogP) is 8.79. The van der Waals surface area contributed by atoms with Crippen LogP contribution >= 0.6 is 0 Å². The Bertz CT molecular complexity index is 1260. The van der Waals surface area contributed by atoms with Crippen LogP contribution < -0.4 is 4.57 Å². The Hall–Kier alpha value is -2.35. The number of hydrogen-bond donors (Lipinski definition) is 0. The van der Waals surface area contributed by atoms with Gasteiger partial charge < -0.3 is 0 Å². The number of aryl methyl sites for hydroxylation is 1. The third-order valence-electron chi connectivity index (χ3n) is 10.9. The van der Waals surface area contributed by atoms with Crippen molar-refractivity contribution < 1.29 is 4.57 Å². The molecule has 0 amide bonds. The molecule has 2 aromatic carbocycles. The molecule has 37 heavy (non-hydrogen) atoms. The first-order valence-corrected chi connectivity index (χ1v) is 15.6. The molecule has 2 heteroatoms. The summed E-state index contributed by atoms with van der Waals surface area (Å²) in [7, 11) is 0. The number of benzene rings is 2. The van der Waals surface area contributed by atoms with Crippen molar-refractivity contribution >= 4 is 0 Å². The number of fused-ring (bicyclic) bond motifs is 3. The standard InChI is InChI=1S/C35H45N2/c1-25-15-9-13-23-31(25)36-26(2)33-35(28-18-5-3-6-19-28,29-20-7-4-8-21-29)30-22-12-14-24-32(30)37(33)34(36)27-16-10-11-17-27/h9,12-15,22-24,27-29H,3-8,10-11,16-21H2,1-2H3/q+1. The van der Waals surface area contributed by atoms with E-state index < -0.39 is 0 Å². The number of nitrogens with zero attached hydrogens (tertiary/aromatic N) is 2. The first-order valence-electron chi connectivity index (χ1n) is 15.6. The molecule has 1 aromatic heterocycles. The van der Waals surface area contributed by atoms with E-state index in [1.807, 2.05) is 0 Å². The molecule has 7 rings (SSSR count). The van der Waals surface area contributed by atoms with E-state index in [4.69, 9.17) is 0 Å². The second-order valence-corrected chi connectivity index (χ2v) is 12.8. The highest BCUT2D eigenvalue weighted by Gasteiger charge is 2.60. The third-order valence-corrected chi connectivity index (χ3v) is 10.9. The Labute approximate surface area is 224 Å². The molecule has 0 radical (unpaired) electrons. The fourth-order valence-corrected chi connectivity index (χ4v) is 9.47. The van der Waals surface area contributed by atoms with Gasteiger partial charge in [-0.15, -0.1) is 0 Å². The molecule has 3 fully saturated rings. The van der Waals surface area contributed by atoms with Gasteiger partial charge in [0, 0.05) is 12.5 Å². The summed E-state index contributed by atoms with van der Waals surface area (Å²) in [4.78, 5) is 0. The molecule has 0 spiro atoms. The highest BCUT2D eigenvalue weighted by atomic mass is 15.2. The summed E-state index contributed by atoms with van der Waals surface area (Å²) in [5.41, 5.74) is 9.40. The number of aromatic nitrogens is 2. The smallest absolute Gasteiger partial charge is 0.196 e. The van der Waals surface area contributed by atoms with Gasteiger partial charge in [0.1, 0.15) is 17.1 Å². The summed E-state index contributed by atoms with van der Waals surface area (Å²) in [6.45, 7) is 4.80. The van der Waals surface area contributed by atoms with Gasteiger partial charge in [-0.25, -0.2) is 0 Å². The molecule has 4 aliphatic rings. The summed E-state index contributed by atoms with van der Waals surface area (Å²) in [5, 5.41) is 0. The summed E-state index contributed by atoms with van der Waals surface area (Å²) < 4.78 is 5.60. The summed E-state index contributed by atoms with van der Waals surface area (Å²) in [6, 6.07) is 18.8. The Balaban J connectivity index is 1.58. The lowest BCUT2D eigenvalue weighted by atomic mass is 9.55. The van der Waals surface area contributed by atoms with Crippen LogP contribution in [-0.2, 0) is 5.41 Å². The van der Waals surface area contributed by atoms with Crippen molar-refractivity contribution in [3.05, 3.63) is 76.9 Å². The first kappa shape index (κ1) is 23.7. The highest BCUT2D eigenvalue weighted by molar-refractivity contribution is 5.55. The highest BCUT2D eigenvalue weighted by Crippen LogP contribution is 2.58. The van der Waals surface area contributed by atoms with Crippen molar-refractivity contribution in [2.45, 2.75) is 115 Å². The largest absolute Gasteiger partial charge is 0.270 e. The maximum absolute atomic E-state index is 2.86. The van der Waals surface area contributed by atoms with Gasteiger partial charge in [-0.05, 0) is 75.0 Å². The van der Waals surface area contributed by atoms with Crippen LogP contribution in [0, 0.1) is 25.7 Å². The van der Waals surface area contributed by atoms with Crippen LogP contribution in [0.25, 0.3) is 11.4 Å². The predicted molar refractivity (Wildman–Crippen MR) is 152 cm³/mol. The minimum Gasteiger partial charge on any atom is -0.196 e. The Morgan fingerprint density at radius 2 is 1.24 bits per heavy atom. The van der Waals surface area contributed by atoms with Gasteiger partial charge >= 0.3 is 0 Å². The van der Waals surface area contributed by atoms with Crippen LogP contribution in [0.3, 0.4) is 0 Å². The van der Waals surface area contributed by atoms with Crippen molar-refractivity contribution in [1.29, 1.82) is 0 Å². The van der Waals surface area contributed by atoms with Gasteiger partial charge in [-0.2, -0.15) is 9.13 Å². The lowest BCUT2D eigenvalue weighted by Crippen LogP contribution is -2.47. The quantitative estimate of drug-likeness (QED) is 0.321. The molecule has 0 saturated heterocycles. The van der Waals surface area contributed by atoms with Crippen molar-refractivity contribution in [1.82, 2.24) is 4.57 Å². The second-order valence-electron chi connectivity index (χ2n) is 12.8. The monoisotopic (exact) mass is 493 g/mol. The molecule has 0 N–H and O–H groups in total. The van der Waals surface area contributed by atoms with Gasteiger partial charge in [0.15, 0.2) is 5.69 Å². The Morgan fingerprint density at radius 3 is 1.89 bits per heavy atom. The zero-order chi connectivity index (χ0) is 25.0. The third kappa shape index (κ3) is 3.46. The van der Waals surface area contributed by atoms with Crippen LogP contribution in [0.2, 0.25) is 0 Å². The molecule has 2 nitrogen and oxygen atoms in total. The van der Waals surface area contributed by atoms with E-state index >= 15 is 0 Å². The Kier molecular flexibility index (Phi) is 6.06. The maximum atomic E-state index is 2.86. The average Bonchev–Trinajstić information content (AvgIpc) is 3.65. The van der Waals surface area contributed by atoms with Crippen LogP contribution in [-0.4, -0.2) is 4.57 Å². The van der Waals surface area contributed by atoms with Gasteiger partial charge in [0.25, 0.3) is 5.82 Å². The number of imidazole rings is 1. The van der Waals surface area contributed by atoms with Crippen molar-refractivity contribution in [3.63, 3.8) is 0 Å². The summed E-state index contributed by atoms with van der Waals surface area (Å²) in [5.74, 6) is 3.76. The van der Waals surface area contributed by atoms with E-state index in [9.17, 15) is 0 Å². The van der Waals surface area contributed by atoms with Crippen LogP contribution in [0.1, 0.15) is 124 Å². The lowest BCUT2D eigenvalue weighted by Gasteiger charge is -2.46. The zero-order valence-electron chi connectivity index (χ0n) is 23.1. The molecule has 194 valence electrons. The fraction of sp³-hybridized carbons (Fsp3) is 0.571. The Morgan fingerprint density at radius 1 is 0.676 bits per heavy atom. The molecule has 3 aliphatic carbocycles. The van der Waals surface area contributed by atoms with Crippen LogP contribution in [0.15, 0.2) is 48.5 Å². The van der Waals surface area contributed by atoms with E-state index in [0.29, 0.717) is 5.92 Å².